The fourth-order valence-corrected chi connectivity index (χ4v) is 1.73. The van der Waals surface area contributed by atoms with Gasteiger partial charge in [-0.3, -0.25) is 4.79 Å². The van der Waals surface area contributed by atoms with E-state index in [0.717, 1.165) is 0 Å². The number of amides is 1. The van der Waals surface area contributed by atoms with Gasteiger partial charge in [-0.05, 0) is 13.0 Å². The van der Waals surface area contributed by atoms with Crippen LogP contribution in [0.2, 0.25) is 5.02 Å². The monoisotopic (exact) mass is 296 g/mol. The minimum absolute atomic E-state index is 0.0585. The quantitative estimate of drug-likeness (QED) is 0.833. The molecule has 0 aliphatic rings. The molecule has 0 atom stereocenters. The Morgan fingerprint density at radius 2 is 2.30 bits per heavy atom. The SMILES string of the molecule is CCNC(=O)c1noc(-c2cc(Cl)c(N)cc2OC)n1. The molecule has 1 heterocycles. The maximum Gasteiger partial charge on any atom is 0.292 e. The first-order chi connectivity index (χ1) is 9.56. The van der Waals surface area contributed by atoms with Crippen LogP contribution in [0.1, 0.15) is 17.5 Å². The molecule has 0 saturated carbocycles. The number of halogens is 1. The summed E-state index contributed by atoms with van der Waals surface area (Å²) in [4.78, 5) is 15.6. The number of hydrogen-bond donors (Lipinski definition) is 2. The second kappa shape index (κ2) is 5.79. The fourth-order valence-electron chi connectivity index (χ4n) is 1.57. The number of ether oxygens (including phenoxy) is 1. The normalized spacial score (nSPS) is 10.3. The largest absolute Gasteiger partial charge is 0.496 e. The van der Waals surface area contributed by atoms with Gasteiger partial charge in [-0.1, -0.05) is 16.8 Å². The molecule has 0 bridgehead atoms. The van der Waals surface area contributed by atoms with Crippen LogP contribution in [-0.2, 0) is 0 Å². The van der Waals surface area contributed by atoms with E-state index in [1.165, 1.54) is 7.11 Å². The van der Waals surface area contributed by atoms with E-state index in [0.29, 0.717) is 28.6 Å². The molecule has 7 nitrogen and oxygen atoms in total. The van der Waals surface area contributed by atoms with E-state index in [2.05, 4.69) is 15.5 Å². The van der Waals surface area contributed by atoms with Crippen molar-refractivity contribution in [3.8, 4) is 17.2 Å². The van der Waals surface area contributed by atoms with Crippen molar-refractivity contribution in [3.63, 3.8) is 0 Å². The Morgan fingerprint density at radius 3 is 2.95 bits per heavy atom. The molecule has 2 rings (SSSR count). The van der Waals surface area contributed by atoms with Gasteiger partial charge in [0.1, 0.15) is 5.75 Å². The highest BCUT2D eigenvalue weighted by molar-refractivity contribution is 6.33. The van der Waals surface area contributed by atoms with Gasteiger partial charge in [-0.2, -0.15) is 4.98 Å². The molecule has 2 aromatic rings. The van der Waals surface area contributed by atoms with E-state index in [-0.39, 0.29) is 11.7 Å². The minimum Gasteiger partial charge on any atom is -0.496 e. The summed E-state index contributed by atoms with van der Waals surface area (Å²) in [5.74, 6) is 0.0860. The average Bonchev–Trinajstić information content (AvgIpc) is 2.91. The van der Waals surface area contributed by atoms with Crippen LogP contribution in [0, 0.1) is 0 Å². The maximum absolute atomic E-state index is 11.6. The number of carbonyl (C=O) groups is 1. The lowest BCUT2D eigenvalue weighted by molar-refractivity contribution is 0.0942. The summed E-state index contributed by atoms with van der Waals surface area (Å²) in [6.45, 7) is 2.27. The summed E-state index contributed by atoms with van der Waals surface area (Å²) in [7, 11) is 1.48. The molecule has 20 heavy (non-hydrogen) atoms. The number of methoxy groups -OCH3 is 1. The maximum atomic E-state index is 11.6. The van der Waals surface area contributed by atoms with Crippen molar-refractivity contribution in [3.05, 3.63) is 23.0 Å². The van der Waals surface area contributed by atoms with Crippen molar-refractivity contribution < 1.29 is 14.1 Å². The van der Waals surface area contributed by atoms with E-state index >= 15 is 0 Å². The number of nitrogens with zero attached hydrogens (tertiary/aromatic N) is 2. The van der Waals surface area contributed by atoms with E-state index in [1.54, 1.807) is 19.1 Å². The van der Waals surface area contributed by atoms with Gasteiger partial charge in [-0.15, -0.1) is 0 Å². The zero-order valence-corrected chi connectivity index (χ0v) is 11.7. The van der Waals surface area contributed by atoms with Gasteiger partial charge in [0.2, 0.25) is 0 Å². The number of rotatable bonds is 4. The predicted octanol–water partition coefficient (Wildman–Crippen LogP) is 1.73. The molecular formula is C12H13ClN4O3. The fraction of sp³-hybridized carbons (Fsp3) is 0.250. The van der Waals surface area contributed by atoms with Gasteiger partial charge < -0.3 is 20.3 Å². The summed E-state index contributed by atoms with van der Waals surface area (Å²) in [5.41, 5.74) is 6.53. The highest BCUT2D eigenvalue weighted by Crippen LogP contribution is 2.35. The molecule has 0 radical (unpaired) electrons. The Hall–Kier alpha value is -2.28. The first-order valence-electron chi connectivity index (χ1n) is 5.82. The summed E-state index contributed by atoms with van der Waals surface area (Å²) in [6.07, 6.45) is 0. The molecule has 0 aliphatic heterocycles. The van der Waals surface area contributed by atoms with Crippen LogP contribution in [0.3, 0.4) is 0 Å². The third-order valence-electron chi connectivity index (χ3n) is 2.52. The van der Waals surface area contributed by atoms with Crippen LogP contribution in [0.25, 0.3) is 11.5 Å². The van der Waals surface area contributed by atoms with Gasteiger partial charge in [0.25, 0.3) is 17.6 Å². The highest BCUT2D eigenvalue weighted by atomic mass is 35.5. The van der Waals surface area contributed by atoms with Crippen molar-refractivity contribution >= 4 is 23.2 Å². The Labute approximate surface area is 120 Å². The number of nitrogen functional groups attached to an aromatic ring is 1. The lowest BCUT2D eigenvalue weighted by Crippen LogP contribution is -2.23. The summed E-state index contributed by atoms with van der Waals surface area (Å²) >= 11 is 5.96. The molecule has 1 amide bonds. The smallest absolute Gasteiger partial charge is 0.292 e. The van der Waals surface area contributed by atoms with E-state index in [4.69, 9.17) is 26.6 Å². The lowest BCUT2D eigenvalue weighted by Gasteiger charge is -2.07. The molecule has 1 aromatic carbocycles. The number of anilines is 1. The second-order valence-corrected chi connectivity index (χ2v) is 4.26. The molecule has 0 spiro atoms. The number of aromatic nitrogens is 2. The van der Waals surface area contributed by atoms with Gasteiger partial charge >= 0.3 is 0 Å². The zero-order chi connectivity index (χ0) is 14.7. The Balaban J connectivity index is 2.42. The van der Waals surface area contributed by atoms with Gasteiger partial charge in [-0.25, -0.2) is 0 Å². The molecule has 0 saturated heterocycles. The van der Waals surface area contributed by atoms with E-state index < -0.39 is 5.91 Å². The summed E-state index contributed by atoms with van der Waals surface area (Å²) in [5, 5.41) is 6.52. The van der Waals surface area contributed by atoms with Gasteiger partial charge in [0.05, 0.1) is 23.4 Å². The predicted molar refractivity (Wildman–Crippen MR) is 73.7 cm³/mol. The van der Waals surface area contributed by atoms with Crippen LogP contribution in [0.15, 0.2) is 16.7 Å². The first kappa shape index (κ1) is 14.1. The van der Waals surface area contributed by atoms with Gasteiger partial charge in [0, 0.05) is 12.6 Å². The first-order valence-corrected chi connectivity index (χ1v) is 6.19. The van der Waals surface area contributed by atoms with Gasteiger partial charge in [0.15, 0.2) is 0 Å². The number of carbonyl (C=O) groups excluding carboxylic acids is 1. The van der Waals surface area contributed by atoms with Crippen molar-refractivity contribution in [1.82, 2.24) is 15.5 Å². The second-order valence-electron chi connectivity index (χ2n) is 3.86. The number of hydrogen-bond acceptors (Lipinski definition) is 6. The topological polar surface area (TPSA) is 103 Å². The van der Waals surface area contributed by atoms with Crippen LogP contribution in [-0.4, -0.2) is 29.7 Å². The number of nitrogens with two attached hydrogens (primary N) is 1. The molecule has 3 N–H and O–H groups in total. The third kappa shape index (κ3) is 2.67. The summed E-state index contributed by atoms with van der Waals surface area (Å²) in [6, 6.07) is 3.10. The van der Waals surface area contributed by atoms with Crippen LogP contribution in [0.5, 0.6) is 5.75 Å². The molecule has 0 fully saturated rings. The van der Waals surface area contributed by atoms with E-state index in [9.17, 15) is 4.79 Å². The van der Waals surface area contributed by atoms with Crippen LogP contribution in [0.4, 0.5) is 5.69 Å². The lowest BCUT2D eigenvalue weighted by atomic mass is 10.2. The Kier molecular flexibility index (Phi) is 4.09. The van der Waals surface area contributed by atoms with Crippen molar-refractivity contribution in [1.29, 1.82) is 0 Å². The molecule has 0 unspecified atom stereocenters. The minimum atomic E-state index is -0.414. The van der Waals surface area contributed by atoms with Crippen LogP contribution < -0.4 is 15.8 Å². The third-order valence-corrected chi connectivity index (χ3v) is 2.84. The molecule has 1 aromatic heterocycles. The standard InChI is InChI=1S/C12H13ClN4O3/c1-3-15-11(18)10-16-12(20-17-10)6-4-7(13)8(14)5-9(6)19-2/h4-5H,3,14H2,1-2H3,(H,15,18). The van der Waals surface area contributed by atoms with Crippen molar-refractivity contribution in [2.75, 3.05) is 19.4 Å². The Morgan fingerprint density at radius 1 is 1.55 bits per heavy atom. The Bertz CT molecular complexity index is 642. The molecular weight excluding hydrogens is 284 g/mol. The van der Waals surface area contributed by atoms with Crippen molar-refractivity contribution in [2.24, 2.45) is 0 Å². The van der Waals surface area contributed by atoms with E-state index in [1.807, 2.05) is 0 Å². The number of nitrogens with one attached hydrogen (secondary N) is 1. The molecule has 106 valence electrons. The van der Waals surface area contributed by atoms with Crippen molar-refractivity contribution in [2.45, 2.75) is 6.92 Å². The zero-order valence-electron chi connectivity index (χ0n) is 10.9. The summed E-state index contributed by atoms with van der Waals surface area (Å²) < 4.78 is 10.2. The molecule has 8 heteroatoms. The highest BCUT2D eigenvalue weighted by Gasteiger charge is 2.19. The number of benzene rings is 1. The van der Waals surface area contributed by atoms with Crippen LogP contribution >= 0.6 is 11.6 Å². The average molecular weight is 297 g/mol. The molecule has 0 aliphatic carbocycles.